The van der Waals surface area contributed by atoms with E-state index in [4.69, 9.17) is 4.74 Å². The van der Waals surface area contributed by atoms with E-state index in [9.17, 15) is 4.79 Å². The minimum atomic E-state index is -0.542. The van der Waals surface area contributed by atoms with Gasteiger partial charge in [-0.15, -0.1) is 0 Å². The number of carbonyl (C=O) groups is 1. The molecule has 3 nitrogen and oxygen atoms in total. The SMILES string of the molecule is Cc1ccc(C)c(O[C@@H](C)C(=O)N[C@H](C)c2ccc(C)c(C)c2)c1. The molecule has 1 amide bonds. The molecule has 0 aliphatic carbocycles. The van der Waals surface area contributed by atoms with Crippen molar-refractivity contribution in [3.8, 4) is 5.75 Å². The molecule has 3 heteroatoms. The summed E-state index contributed by atoms with van der Waals surface area (Å²) in [5.74, 6) is 0.651. The molecule has 0 saturated carbocycles. The quantitative estimate of drug-likeness (QED) is 0.875. The molecule has 2 atom stereocenters. The molecule has 128 valence electrons. The molecule has 2 aromatic rings. The van der Waals surface area contributed by atoms with E-state index in [1.54, 1.807) is 6.92 Å². The van der Waals surface area contributed by atoms with Crippen LogP contribution in [-0.4, -0.2) is 12.0 Å². The van der Waals surface area contributed by atoms with E-state index in [-0.39, 0.29) is 11.9 Å². The van der Waals surface area contributed by atoms with Gasteiger partial charge in [-0.1, -0.05) is 30.3 Å². The molecule has 0 aliphatic heterocycles. The van der Waals surface area contributed by atoms with Gasteiger partial charge in [0.25, 0.3) is 5.91 Å². The fourth-order valence-electron chi connectivity index (χ4n) is 2.53. The van der Waals surface area contributed by atoms with Crippen molar-refractivity contribution < 1.29 is 9.53 Å². The summed E-state index contributed by atoms with van der Waals surface area (Å²) in [5, 5.41) is 3.03. The molecule has 0 aliphatic rings. The Kier molecular flexibility index (Phi) is 5.66. The van der Waals surface area contributed by atoms with Crippen molar-refractivity contribution in [3.63, 3.8) is 0 Å². The van der Waals surface area contributed by atoms with Gasteiger partial charge in [-0.2, -0.15) is 0 Å². The molecule has 0 bridgehead atoms. The third-order valence-corrected chi connectivity index (χ3v) is 4.41. The van der Waals surface area contributed by atoms with Crippen LogP contribution in [0.15, 0.2) is 36.4 Å². The smallest absolute Gasteiger partial charge is 0.261 e. The summed E-state index contributed by atoms with van der Waals surface area (Å²) in [6.45, 7) is 11.9. The maximum atomic E-state index is 12.4. The minimum absolute atomic E-state index is 0.0542. The van der Waals surface area contributed by atoms with Gasteiger partial charge in [0.1, 0.15) is 5.75 Å². The van der Waals surface area contributed by atoms with Gasteiger partial charge in [0.05, 0.1) is 6.04 Å². The Labute approximate surface area is 145 Å². The van der Waals surface area contributed by atoms with Crippen LogP contribution in [0.4, 0.5) is 0 Å². The van der Waals surface area contributed by atoms with Crippen LogP contribution in [0.3, 0.4) is 0 Å². The molecule has 0 unspecified atom stereocenters. The van der Waals surface area contributed by atoms with Crippen LogP contribution in [0.25, 0.3) is 0 Å². The summed E-state index contributed by atoms with van der Waals surface area (Å²) < 4.78 is 5.86. The number of carbonyl (C=O) groups excluding carboxylic acids is 1. The molecule has 0 fully saturated rings. The van der Waals surface area contributed by atoms with Crippen molar-refractivity contribution >= 4 is 5.91 Å². The Balaban J connectivity index is 2.02. The Morgan fingerprint density at radius 3 is 2.25 bits per heavy atom. The van der Waals surface area contributed by atoms with Gasteiger partial charge in [-0.25, -0.2) is 0 Å². The number of nitrogens with one attached hydrogen (secondary N) is 1. The van der Waals surface area contributed by atoms with Crippen molar-refractivity contribution in [2.24, 2.45) is 0 Å². The van der Waals surface area contributed by atoms with Gasteiger partial charge in [-0.05, 0) is 75.4 Å². The van der Waals surface area contributed by atoms with Crippen LogP contribution >= 0.6 is 0 Å². The molecule has 0 aromatic heterocycles. The average Bonchev–Trinajstić information content (AvgIpc) is 2.53. The molecule has 2 aromatic carbocycles. The lowest BCUT2D eigenvalue weighted by Crippen LogP contribution is -2.37. The maximum absolute atomic E-state index is 12.4. The highest BCUT2D eigenvalue weighted by atomic mass is 16.5. The normalized spacial score (nSPS) is 13.2. The highest BCUT2D eigenvalue weighted by molar-refractivity contribution is 5.81. The topological polar surface area (TPSA) is 38.3 Å². The number of hydrogen-bond acceptors (Lipinski definition) is 2. The zero-order chi connectivity index (χ0) is 17.9. The first-order valence-corrected chi connectivity index (χ1v) is 8.39. The molecular weight excluding hydrogens is 298 g/mol. The fraction of sp³-hybridized carbons (Fsp3) is 0.381. The lowest BCUT2D eigenvalue weighted by atomic mass is 10.0. The second-order valence-corrected chi connectivity index (χ2v) is 6.60. The van der Waals surface area contributed by atoms with Crippen molar-refractivity contribution in [2.75, 3.05) is 0 Å². The van der Waals surface area contributed by atoms with E-state index in [1.165, 1.54) is 11.1 Å². The van der Waals surface area contributed by atoms with E-state index < -0.39 is 6.10 Å². The largest absolute Gasteiger partial charge is 0.481 e. The zero-order valence-corrected chi connectivity index (χ0v) is 15.4. The van der Waals surface area contributed by atoms with Crippen LogP contribution in [0.5, 0.6) is 5.75 Å². The maximum Gasteiger partial charge on any atom is 0.261 e. The summed E-state index contributed by atoms with van der Waals surface area (Å²) in [6.07, 6.45) is -0.542. The van der Waals surface area contributed by atoms with Crippen molar-refractivity contribution in [2.45, 2.75) is 53.7 Å². The first kappa shape index (κ1) is 18.1. The summed E-state index contributed by atoms with van der Waals surface area (Å²) in [5.41, 5.74) is 5.73. The van der Waals surface area contributed by atoms with Gasteiger partial charge in [0.2, 0.25) is 0 Å². The van der Waals surface area contributed by atoms with Crippen LogP contribution in [0, 0.1) is 27.7 Å². The van der Waals surface area contributed by atoms with E-state index in [0.717, 1.165) is 22.4 Å². The van der Waals surface area contributed by atoms with Gasteiger partial charge in [0.15, 0.2) is 6.10 Å². The Hall–Kier alpha value is -2.29. The average molecular weight is 325 g/mol. The highest BCUT2D eigenvalue weighted by Crippen LogP contribution is 2.21. The molecule has 0 radical (unpaired) electrons. The molecule has 0 heterocycles. The van der Waals surface area contributed by atoms with E-state index in [1.807, 2.05) is 39.0 Å². The zero-order valence-electron chi connectivity index (χ0n) is 15.4. The van der Waals surface area contributed by atoms with Crippen LogP contribution in [-0.2, 0) is 4.79 Å². The Morgan fingerprint density at radius 1 is 0.917 bits per heavy atom. The standard InChI is InChI=1S/C21H27NO2/c1-13-7-8-15(3)20(11-13)24-18(6)21(23)22-17(5)19-10-9-14(2)16(4)12-19/h7-12,17-18H,1-6H3,(H,22,23)/t17-,18+/m1/s1. The number of aryl methyl sites for hydroxylation is 4. The van der Waals surface area contributed by atoms with Crippen molar-refractivity contribution in [1.82, 2.24) is 5.32 Å². The van der Waals surface area contributed by atoms with Crippen LogP contribution in [0.2, 0.25) is 0 Å². The number of ether oxygens (including phenoxy) is 1. The first-order valence-electron chi connectivity index (χ1n) is 8.39. The van der Waals surface area contributed by atoms with Crippen molar-refractivity contribution in [1.29, 1.82) is 0 Å². The highest BCUT2D eigenvalue weighted by Gasteiger charge is 2.18. The van der Waals surface area contributed by atoms with Crippen molar-refractivity contribution in [3.05, 3.63) is 64.2 Å². The van der Waals surface area contributed by atoms with E-state index in [2.05, 4.69) is 37.4 Å². The molecule has 24 heavy (non-hydrogen) atoms. The van der Waals surface area contributed by atoms with Crippen LogP contribution in [0.1, 0.15) is 47.7 Å². The third kappa shape index (κ3) is 4.38. The Morgan fingerprint density at radius 2 is 1.58 bits per heavy atom. The summed E-state index contributed by atoms with van der Waals surface area (Å²) in [4.78, 5) is 12.4. The lowest BCUT2D eigenvalue weighted by Gasteiger charge is -2.20. The van der Waals surface area contributed by atoms with E-state index >= 15 is 0 Å². The Bertz CT molecular complexity index is 737. The molecular formula is C21H27NO2. The molecule has 0 saturated heterocycles. The molecule has 1 N–H and O–H groups in total. The molecule has 2 rings (SSSR count). The monoisotopic (exact) mass is 325 g/mol. The third-order valence-electron chi connectivity index (χ3n) is 4.41. The summed E-state index contributed by atoms with van der Waals surface area (Å²) in [7, 11) is 0. The number of hydrogen-bond donors (Lipinski definition) is 1. The second-order valence-electron chi connectivity index (χ2n) is 6.60. The van der Waals surface area contributed by atoms with Gasteiger partial charge in [-0.3, -0.25) is 4.79 Å². The fourth-order valence-corrected chi connectivity index (χ4v) is 2.53. The number of rotatable bonds is 5. The predicted octanol–water partition coefficient (Wildman–Crippen LogP) is 4.56. The lowest BCUT2D eigenvalue weighted by molar-refractivity contribution is -0.127. The van der Waals surface area contributed by atoms with Gasteiger partial charge >= 0.3 is 0 Å². The van der Waals surface area contributed by atoms with Gasteiger partial charge in [0, 0.05) is 0 Å². The number of amides is 1. The first-order chi connectivity index (χ1) is 11.3. The van der Waals surface area contributed by atoms with Gasteiger partial charge < -0.3 is 10.1 Å². The minimum Gasteiger partial charge on any atom is -0.481 e. The predicted molar refractivity (Wildman–Crippen MR) is 98.5 cm³/mol. The molecule has 0 spiro atoms. The number of benzene rings is 2. The summed E-state index contributed by atoms with van der Waals surface area (Å²) in [6, 6.07) is 12.2. The van der Waals surface area contributed by atoms with Crippen LogP contribution < -0.4 is 10.1 Å². The second kappa shape index (κ2) is 7.52. The van der Waals surface area contributed by atoms with E-state index in [0.29, 0.717) is 0 Å². The summed E-state index contributed by atoms with van der Waals surface area (Å²) >= 11 is 0.